The van der Waals surface area contributed by atoms with Crippen LogP contribution in [0.2, 0.25) is 0 Å². The predicted molar refractivity (Wildman–Crippen MR) is 41.0 cm³/mol. The van der Waals surface area contributed by atoms with Gasteiger partial charge < -0.3 is 9.69 Å². The summed E-state index contributed by atoms with van der Waals surface area (Å²) < 4.78 is 0. The molecule has 1 fully saturated rings. The summed E-state index contributed by atoms with van der Waals surface area (Å²) in [6.45, 7) is 2.88. The summed E-state index contributed by atoms with van der Waals surface area (Å²) in [7, 11) is 2.12. The molecule has 0 saturated carbocycles. The minimum atomic E-state index is 0.320. The lowest BCUT2D eigenvalue weighted by Gasteiger charge is -2.37. The first-order valence-electron chi connectivity index (χ1n) is 3.90. The molecule has 0 aromatic heterocycles. The first-order chi connectivity index (χ1) is 4.70. The Bertz CT molecular complexity index is 133. The van der Waals surface area contributed by atoms with Crippen LogP contribution in [0, 0.1) is 0 Å². The second kappa shape index (κ2) is 3.15. The minimum Gasteiger partial charge on any atom is -0.303 e. The summed E-state index contributed by atoms with van der Waals surface area (Å²) in [5, 5.41) is 0. The molecule has 0 aromatic carbocycles. The maximum absolute atomic E-state index is 10.6. The van der Waals surface area contributed by atoms with Crippen molar-refractivity contribution >= 4 is 5.78 Å². The summed E-state index contributed by atoms with van der Waals surface area (Å²) in [6, 6.07) is 0.698. The highest BCUT2D eigenvalue weighted by molar-refractivity contribution is 5.75. The number of carbonyl (C=O) groups excluding carboxylic acids is 1. The number of nitrogens with zero attached hydrogens (tertiary/aromatic N) is 1. The van der Waals surface area contributed by atoms with E-state index in [0.29, 0.717) is 11.8 Å². The average molecular weight is 141 g/mol. The quantitative estimate of drug-likeness (QED) is 0.585. The number of rotatable bonds is 3. The van der Waals surface area contributed by atoms with E-state index in [4.69, 9.17) is 0 Å². The van der Waals surface area contributed by atoms with Gasteiger partial charge in [-0.25, -0.2) is 0 Å². The van der Waals surface area contributed by atoms with Crippen LogP contribution in [0.5, 0.6) is 0 Å². The molecule has 1 atom stereocenters. The normalized spacial score (nSPS) is 26.0. The van der Waals surface area contributed by atoms with Crippen LogP contribution in [0.1, 0.15) is 26.2 Å². The maximum Gasteiger partial charge on any atom is 0.129 e. The lowest BCUT2D eigenvalue weighted by molar-refractivity contribution is -0.117. The van der Waals surface area contributed by atoms with Crippen molar-refractivity contribution in [3.63, 3.8) is 0 Å². The second-order valence-electron chi connectivity index (χ2n) is 3.16. The Morgan fingerprint density at radius 3 is 2.70 bits per heavy atom. The highest BCUT2D eigenvalue weighted by Gasteiger charge is 2.23. The molecule has 0 aliphatic carbocycles. The largest absolute Gasteiger partial charge is 0.303 e. The topological polar surface area (TPSA) is 20.3 Å². The molecular weight excluding hydrogens is 126 g/mol. The fourth-order valence-electron chi connectivity index (χ4n) is 1.30. The van der Waals surface area contributed by atoms with Crippen molar-refractivity contribution in [3.05, 3.63) is 0 Å². The molecule has 1 unspecified atom stereocenters. The molecule has 0 aromatic rings. The summed E-state index contributed by atoms with van der Waals surface area (Å²) in [5.74, 6) is 0.320. The maximum atomic E-state index is 10.6. The van der Waals surface area contributed by atoms with Crippen LogP contribution in [0.15, 0.2) is 0 Å². The first-order valence-corrected chi connectivity index (χ1v) is 3.90. The SMILES string of the molecule is CC(=O)CCC1CCN1C. The zero-order chi connectivity index (χ0) is 7.56. The molecular formula is C8H15NO. The highest BCUT2D eigenvalue weighted by Crippen LogP contribution is 2.18. The number of carbonyl (C=O) groups is 1. The van der Waals surface area contributed by atoms with Gasteiger partial charge in [-0.3, -0.25) is 0 Å². The van der Waals surface area contributed by atoms with E-state index in [1.807, 2.05) is 0 Å². The molecule has 1 saturated heterocycles. The number of Topliss-reactive ketones (excluding diaryl/α,β-unsaturated/α-hetero) is 1. The zero-order valence-corrected chi connectivity index (χ0v) is 6.76. The Morgan fingerprint density at radius 2 is 2.40 bits per heavy atom. The van der Waals surface area contributed by atoms with Gasteiger partial charge in [-0.1, -0.05) is 0 Å². The summed E-state index contributed by atoms with van der Waals surface area (Å²) in [5.41, 5.74) is 0. The summed E-state index contributed by atoms with van der Waals surface area (Å²) >= 11 is 0. The molecule has 10 heavy (non-hydrogen) atoms. The monoisotopic (exact) mass is 141 g/mol. The molecule has 0 spiro atoms. The van der Waals surface area contributed by atoms with Crippen molar-refractivity contribution < 1.29 is 4.79 Å². The highest BCUT2D eigenvalue weighted by atomic mass is 16.1. The van der Waals surface area contributed by atoms with Crippen molar-refractivity contribution in [1.29, 1.82) is 0 Å². The molecule has 2 heteroatoms. The fourth-order valence-corrected chi connectivity index (χ4v) is 1.30. The molecule has 1 aliphatic heterocycles. The van der Waals surface area contributed by atoms with Crippen LogP contribution in [0.4, 0.5) is 0 Å². The van der Waals surface area contributed by atoms with Crippen molar-refractivity contribution in [2.45, 2.75) is 32.2 Å². The third kappa shape index (κ3) is 1.81. The molecule has 1 heterocycles. The summed E-state index contributed by atoms with van der Waals surface area (Å²) in [4.78, 5) is 12.9. The van der Waals surface area contributed by atoms with E-state index in [9.17, 15) is 4.79 Å². The third-order valence-electron chi connectivity index (χ3n) is 2.27. The molecule has 0 amide bonds. The van der Waals surface area contributed by atoms with E-state index in [0.717, 1.165) is 12.8 Å². The predicted octanol–water partition coefficient (Wildman–Crippen LogP) is 1.06. The molecule has 58 valence electrons. The lowest BCUT2D eigenvalue weighted by Crippen LogP contribution is -2.44. The molecule has 2 nitrogen and oxygen atoms in total. The molecule has 1 rings (SSSR count). The van der Waals surface area contributed by atoms with Gasteiger partial charge >= 0.3 is 0 Å². The Balaban J connectivity index is 2.08. The van der Waals surface area contributed by atoms with Crippen LogP contribution in [-0.4, -0.2) is 30.3 Å². The second-order valence-corrected chi connectivity index (χ2v) is 3.16. The van der Waals surface area contributed by atoms with Gasteiger partial charge in [0.05, 0.1) is 0 Å². The van der Waals surface area contributed by atoms with Crippen molar-refractivity contribution in [3.8, 4) is 0 Å². The van der Waals surface area contributed by atoms with E-state index < -0.39 is 0 Å². The third-order valence-corrected chi connectivity index (χ3v) is 2.27. The first kappa shape index (κ1) is 7.73. The van der Waals surface area contributed by atoms with E-state index in [-0.39, 0.29) is 0 Å². The molecule has 0 N–H and O–H groups in total. The van der Waals surface area contributed by atoms with Gasteiger partial charge in [0.2, 0.25) is 0 Å². The Kier molecular flexibility index (Phi) is 2.44. The molecule has 1 aliphatic rings. The van der Waals surface area contributed by atoms with Crippen LogP contribution < -0.4 is 0 Å². The standard InChI is InChI=1S/C8H15NO/c1-7(10)3-4-8-5-6-9(8)2/h8H,3-6H2,1-2H3. The summed E-state index contributed by atoms with van der Waals surface area (Å²) in [6.07, 6.45) is 3.10. The van der Waals surface area contributed by atoms with Crippen LogP contribution >= 0.6 is 0 Å². The van der Waals surface area contributed by atoms with Gasteiger partial charge in [-0.05, 0) is 33.4 Å². The number of ketones is 1. The van der Waals surface area contributed by atoms with E-state index in [1.54, 1.807) is 6.92 Å². The number of hydrogen-bond acceptors (Lipinski definition) is 2. The van der Waals surface area contributed by atoms with Gasteiger partial charge in [0.25, 0.3) is 0 Å². The van der Waals surface area contributed by atoms with Crippen molar-refractivity contribution in [2.24, 2.45) is 0 Å². The van der Waals surface area contributed by atoms with Gasteiger partial charge in [-0.15, -0.1) is 0 Å². The van der Waals surface area contributed by atoms with Crippen molar-refractivity contribution in [2.75, 3.05) is 13.6 Å². The minimum absolute atomic E-state index is 0.320. The van der Waals surface area contributed by atoms with Crippen LogP contribution in [0.25, 0.3) is 0 Å². The van der Waals surface area contributed by atoms with Crippen LogP contribution in [0.3, 0.4) is 0 Å². The fraction of sp³-hybridized carbons (Fsp3) is 0.875. The molecule has 0 bridgehead atoms. The van der Waals surface area contributed by atoms with Gasteiger partial charge in [-0.2, -0.15) is 0 Å². The lowest BCUT2D eigenvalue weighted by atomic mass is 9.98. The number of hydrogen-bond donors (Lipinski definition) is 0. The zero-order valence-electron chi connectivity index (χ0n) is 6.76. The van der Waals surface area contributed by atoms with Gasteiger partial charge in [0.1, 0.15) is 5.78 Å². The van der Waals surface area contributed by atoms with Gasteiger partial charge in [0, 0.05) is 12.5 Å². The Labute approximate surface area is 62.2 Å². The smallest absolute Gasteiger partial charge is 0.129 e. The van der Waals surface area contributed by atoms with E-state index >= 15 is 0 Å². The van der Waals surface area contributed by atoms with Gasteiger partial charge in [0.15, 0.2) is 0 Å². The Hall–Kier alpha value is -0.370. The number of likely N-dealkylation sites (tertiary alicyclic amines) is 1. The van der Waals surface area contributed by atoms with Crippen LogP contribution in [-0.2, 0) is 4.79 Å². The van der Waals surface area contributed by atoms with E-state index in [2.05, 4.69) is 11.9 Å². The molecule has 0 radical (unpaired) electrons. The Morgan fingerprint density at radius 1 is 1.70 bits per heavy atom. The van der Waals surface area contributed by atoms with E-state index in [1.165, 1.54) is 13.0 Å². The average Bonchev–Trinajstić information content (AvgIpc) is 1.84. The van der Waals surface area contributed by atoms with Crippen molar-refractivity contribution in [1.82, 2.24) is 4.90 Å².